The summed E-state index contributed by atoms with van der Waals surface area (Å²) < 4.78 is 4.51. The maximum atomic E-state index is 11.8. The van der Waals surface area contributed by atoms with Crippen molar-refractivity contribution in [3.8, 4) is 5.75 Å². The summed E-state index contributed by atoms with van der Waals surface area (Å²) in [6.07, 6.45) is 0. The number of hydrogen-bond acceptors (Lipinski definition) is 4. The van der Waals surface area contributed by atoms with E-state index in [0.717, 1.165) is 0 Å². The van der Waals surface area contributed by atoms with Crippen LogP contribution in [-0.2, 0) is 9.53 Å². The van der Waals surface area contributed by atoms with E-state index in [0.29, 0.717) is 5.56 Å². The minimum absolute atomic E-state index is 0.0563. The van der Waals surface area contributed by atoms with Crippen molar-refractivity contribution in [1.29, 1.82) is 0 Å². The van der Waals surface area contributed by atoms with E-state index < -0.39 is 16.7 Å². The summed E-state index contributed by atoms with van der Waals surface area (Å²) in [4.78, 5) is 22.3. The van der Waals surface area contributed by atoms with Gasteiger partial charge in [0.25, 0.3) is 5.91 Å². The van der Waals surface area contributed by atoms with Crippen LogP contribution in [0.2, 0.25) is 0 Å². The summed E-state index contributed by atoms with van der Waals surface area (Å²) >= 11 is 3.09. The van der Waals surface area contributed by atoms with Crippen LogP contribution in [0, 0.1) is 6.92 Å². The van der Waals surface area contributed by atoms with Crippen LogP contribution in [0.1, 0.15) is 15.9 Å². The lowest BCUT2D eigenvalue weighted by Crippen LogP contribution is -2.33. The molecule has 1 unspecified atom stereocenters. The van der Waals surface area contributed by atoms with E-state index in [1.54, 1.807) is 19.1 Å². The van der Waals surface area contributed by atoms with Gasteiger partial charge in [-0.15, -0.1) is 0 Å². The predicted octanol–water partition coefficient (Wildman–Crippen LogP) is 1.37. The number of phenolic OH excluding ortho intramolecular Hbond substituents is 1. The van der Waals surface area contributed by atoms with Crippen LogP contribution >= 0.6 is 15.9 Å². The number of halogens is 1. The highest BCUT2D eigenvalue weighted by Crippen LogP contribution is 2.21. The number of aromatic hydroxyl groups is 1. The number of rotatable bonds is 4. The molecule has 0 radical (unpaired) electrons. The molecule has 1 amide bonds. The fourth-order valence-corrected chi connectivity index (χ4v) is 1.68. The second-order valence-electron chi connectivity index (χ2n) is 3.67. The molecule has 0 fully saturated rings. The van der Waals surface area contributed by atoms with Gasteiger partial charge in [0.05, 0.1) is 12.7 Å². The standard InChI is InChI=1S/C12H14BrNO4/c1-7-4-3-5-8(10(7)15)11(16)14-6-9(13)12(17)18-2/h3-5,9,15H,6H2,1-2H3,(H,14,16). The maximum absolute atomic E-state index is 11.8. The first-order chi connectivity index (χ1) is 8.47. The number of phenols is 1. The number of aryl methyl sites for hydroxylation is 1. The summed E-state index contributed by atoms with van der Waals surface area (Å²) in [7, 11) is 1.27. The van der Waals surface area contributed by atoms with Crippen molar-refractivity contribution in [3.63, 3.8) is 0 Å². The molecule has 2 N–H and O–H groups in total. The van der Waals surface area contributed by atoms with Crippen molar-refractivity contribution in [1.82, 2.24) is 5.32 Å². The number of nitrogens with one attached hydrogen (secondary N) is 1. The maximum Gasteiger partial charge on any atom is 0.321 e. The van der Waals surface area contributed by atoms with Crippen molar-refractivity contribution in [2.45, 2.75) is 11.8 Å². The second-order valence-corrected chi connectivity index (χ2v) is 4.78. The molecule has 0 saturated heterocycles. The van der Waals surface area contributed by atoms with E-state index in [9.17, 15) is 14.7 Å². The molecule has 0 spiro atoms. The van der Waals surface area contributed by atoms with Crippen LogP contribution in [0.5, 0.6) is 5.75 Å². The smallest absolute Gasteiger partial charge is 0.321 e. The van der Waals surface area contributed by atoms with Crippen LogP contribution in [-0.4, -0.2) is 35.5 Å². The largest absolute Gasteiger partial charge is 0.507 e. The second kappa shape index (κ2) is 6.39. The van der Waals surface area contributed by atoms with E-state index in [-0.39, 0.29) is 17.9 Å². The third-order valence-electron chi connectivity index (χ3n) is 2.38. The molecule has 0 aliphatic heterocycles. The van der Waals surface area contributed by atoms with Gasteiger partial charge in [-0.3, -0.25) is 9.59 Å². The lowest BCUT2D eigenvalue weighted by Gasteiger charge is -2.10. The van der Waals surface area contributed by atoms with Crippen LogP contribution in [0.25, 0.3) is 0 Å². The fraction of sp³-hybridized carbons (Fsp3) is 0.333. The lowest BCUT2D eigenvalue weighted by atomic mass is 10.1. The number of amides is 1. The fourth-order valence-electron chi connectivity index (χ4n) is 1.33. The van der Waals surface area contributed by atoms with Gasteiger partial charge in [-0.2, -0.15) is 0 Å². The number of para-hydroxylation sites is 1. The van der Waals surface area contributed by atoms with Gasteiger partial charge in [0.15, 0.2) is 0 Å². The van der Waals surface area contributed by atoms with E-state index in [2.05, 4.69) is 26.0 Å². The summed E-state index contributed by atoms with van der Waals surface area (Å²) in [5, 5.41) is 12.3. The number of alkyl halides is 1. The number of carbonyl (C=O) groups excluding carboxylic acids is 2. The number of benzene rings is 1. The Balaban J connectivity index is 2.66. The quantitative estimate of drug-likeness (QED) is 0.650. The summed E-state index contributed by atoms with van der Waals surface area (Å²) in [5.41, 5.74) is 0.797. The third kappa shape index (κ3) is 3.46. The normalized spacial score (nSPS) is 11.7. The molecule has 6 heteroatoms. The molecule has 0 aliphatic carbocycles. The molecule has 1 rings (SSSR count). The Bertz CT molecular complexity index is 461. The molecule has 0 heterocycles. The number of ether oxygens (including phenoxy) is 1. The van der Waals surface area contributed by atoms with Gasteiger partial charge in [-0.1, -0.05) is 28.1 Å². The third-order valence-corrected chi connectivity index (χ3v) is 3.08. The van der Waals surface area contributed by atoms with E-state index in [1.807, 2.05) is 0 Å². The minimum atomic E-state index is -0.613. The molecule has 1 aromatic rings. The molecule has 0 aliphatic rings. The molecule has 5 nitrogen and oxygen atoms in total. The highest BCUT2D eigenvalue weighted by atomic mass is 79.9. The molecule has 0 aromatic heterocycles. The molecule has 98 valence electrons. The molecule has 0 saturated carbocycles. The van der Waals surface area contributed by atoms with E-state index in [4.69, 9.17) is 0 Å². The van der Waals surface area contributed by atoms with Crippen molar-refractivity contribution >= 4 is 27.8 Å². The predicted molar refractivity (Wildman–Crippen MR) is 69.9 cm³/mol. The Morgan fingerprint density at radius 1 is 1.50 bits per heavy atom. The number of carbonyl (C=O) groups is 2. The lowest BCUT2D eigenvalue weighted by molar-refractivity contribution is -0.139. The zero-order valence-electron chi connectivity index (χ0n) is 10.1. The number of esters is 1. The van der Waals surface area contributed by atoms with Crippen LogP contribution in [0.3, 0.4) is 0 Å². The Hall–Kier alpha value is -1.56. The highest BCUT2D eigenvalue weighted by Gasteiger charge is 2.18. The number of methoxy groups -OCH3 is 1. The monoisotopic (exact) mass is 315 g/mol. The Morgan fingerprint density at radius 2 is 2.17 bits per heavy atom. The Kier molecular flexibility index (Phi) is 5.15. The topological polar surface area (TPSA) is 75.6 Å². The molecule has 18 heavy (non-hydrogen) atoms. The van der Waals surface area contributed by atoms with Crippen LogP contribution < -0.4 is 5.32 Å². The Morgan fingerprint density at radius 3 is 2.78 bits per heavy atom. The zero-order chi connectivity index (χ0) is 13.7. The first-order valence-electron chi connectivity index (χ1n) is 5.26. The minimum Gasteiger partial charge on any atom is -0.507 e. The molecule has 1 aromatic carbocycles. The molecular formula is C12H14BrNO4. The van der Waals surface area contributed by atoms with Gasteiger partial charge in [0.1, 0.15) is 10.6 Å². The van der Waals surface area contributed by atoms with Gasteiger partial charge in [0, 0.05) is 6.54 Å². The first-order valence-corrected chi connectivity index (χ1v) is 6.17. The number of hydrogen-bond donors (Lipinski definition) is 2. The highest BCUT2D eigenvalue weighted by molar-refractivity contribution is 9.10. The molecule has 0 bridgehead atoms. The summed E-state index contributed by atoms with van der Waals surface area (Å²) in [6.45, 7) is 1.78. The molecule has 1 atom stereocenters. The Labute approximate surface area is 113 Å². The SMILES string of the molecule is COC(=O)C(Br)CNC(=O)c1cccc(C)c1O. The average Bonchev–Trinajstić information content (AvgIpc) is 2.37. The van der Waals surface area contributed by atoms with Crippen molar-refractivity contribution in [2.75, 3.05) is 13.7 Å². The van der Waals surface area contributed by atoms with Gasteiger partial charge in [-0.05, 0) is 18.6 Å². The van der Waals surface area contributed by atoms with E-state index in [1.165, 1.54) is 13.2 Å². The van der Waals surface area contributed by atoms with E-state index >= 15 is 0 Å². The van der Waals surface area contributed by atoms with Crippen molar-refractivity contribution in [3.05, 3.63) is 29.3 Å². The van der Waals surface area contributed by atoms with Crippen molar-refractivity contribution in [2.24, 2.45) is 0 Å². The zero-order valence-corrected chi connectivity index (χ0v) is 11.7. The average molecular weight is 316 g/mol. The van der Waals surface area contributed by atoms with Gasteiger partial charge >= 0.3 is 5.97 Å². The van der Waals surface area contributed by atoms with Crippen molar-refractivity contribution < 1.29 is 19.4 Å². The van der Waals surface area contributed by atoms with Gasteiger partial charge < -0.3 is 15.2 Å². The summed E-state index contributed by atoms with van der Waals surface area (Å²) in [6, 6.07) is 4.89. The van der Waals surface area contributed by atoms with Gasteiger partial charge in [-0.25, -0.2) is 0 Å². The summed E-state index contributed by atoms with van der Waals surface area (Å²) in [5.74, 6) is -0.965. The first kappa shape index (κ1) is 14.5. The van der Waals surface area contributed by atoms with Gasteiger partial charge in [0.2, 0.25) is 0 Å². The van der Waals surface area contributed by atoms with Crippen LogP contribution in [0.4, 0.5) is 0 Å². The molecular weight excluding hydrogens is 302 g/mol. The van der Waals surface area contributed by atoms with Crippen LogP contribution in [0.15, 0.2) is 18.2 Å².